The first-order valence-corrected chi connectivity index (χ1v) is 13.7. The average Bonchev–Trinajstić information content (AvgIpc) is 3.37. The van der Waals surface area contributed by atoms with Crippen LogP contribution >= 0.6 is 0 Å². The molecule has 0 aromatic heterocycles. The number of likely N-dealkylation sites (tertiary alicyclic amines) is 1. The Labute approximate surface area is 194 Å². The number of amides is 1. The summed E-state index contributed by atoms with van der Waals surface area (Å²) in [5.74, 6) is 0.593. The highest BCUT2D eigenvalue weighted by molar-refractivity contribution is 6.99. The van der Waals surface area contributed by atoms with Gasteiger partial charge in [-0.15, -0.1) is 0 Å². The third kappa shape index (κ3) is 4.37. The summed E-state index contributed by atoms with van der Waals surface area (Å²) in [6.07, 6.45) is 1.90. The van der Waals surface area contributed by atoms with Gasteiger partial charge in [-0.1, -0.05) is 81.4 Å². The van der Waals surface area contributed by atoms with Crippen molar-refractivity contribution in [1.29, 1.82) is 0 Å². The Balaban J connectivity index is 1.66. The molecule has 0 spiro atoms. The smallest absolute Gasteiger partial charge is 0.410 e. The maximum absolute atomic E-state index is 13.0. The minimum atomic E-state index is -2.61. The predicted octanol–water partition coefficient (Wildman–Crippen LogP) is 4.96. The van der Waals surface area contributed by atoms with Gasteiger partial charge in [0.1, 0.15) is 5.60 Å². The van der Waals surface area contributed by atoms with Crippen molar-refractivity contribution < 1.29 is 14.0 Å². The standard InChI is InChI=1S/C27H37NO3Si/c1-26(2,3)31-25(29)28-21(17-20-18-24(20)28)19-30-32(27(4,5)6,22-13-9-7-10-14-22)23-15-11-8-12-16-23/h7-16,20-21,24H,17-19H2,1-6H3/t20?,21-,24-/m0/s1. The van der Waals surface area contributed by atoms with Crippen LogP contribution in [0, 0.1) is 5.92 Å². The topological polar surface area (TPSA) is 38.8 Å². The molecule has 0 bridgehead atoms. The first kappa shape index (κ1) is 23.1. The van der Waals surface area contributed by atoms with Crippen molar-refractivity contribution in [2.75, 3.05) is 6.61 Å². The monoisotopic (exact) mass is 451 g/mol. The van der Waals surface area contributed by atoms with Crippen molar-refractivity contribution in [2.45, 2.75) is 77.1 Å². The van der Waals surface area contributed by atoms with Gasteiger partial charge in [0.25, 0.3) is 8.32 Å². The Morgan fingerprint density at radius 3 is 1.91 bits per heavy atom. The highest BCUT2D eigenvalue weighted by Crippen LogP contribution is 2.49. The average molecular weight is 452 g/mol. The summed E-state index contributed by atoms with van der Waals surface area (Å²) in [4.78, 5) is 15.0. The van der Waals surface area contributed by atoms with Gasteiger partial charge in [-0.2, -0.15) is 0 Å². The van der Waals surface area contributed by atoms with Crippen molar-refractivity contribution in [2.24, 2.45) is 5.92 Å². The molecule has 2 aliphatic rings. The zero-order valence-corrected chi connectivity index (χ0v) is 21.3. The van der Waals surface area contributed by atoms with Crippen molar-refractivity contribution in [3.8, 4) is 0 Å². The highest BCUT2D eigenvalue weighted by Gasteiger charge is 2.57. The second kappa shape index (κ2) is 8.34. The first-order valence-electron chi connectivity index (χ1n) is 11.8. The molecule has 1 saturated carbocycles. The molecule has 32 heavy (non-hydrogen) atoms. The molecule has 0 radical (unpaired) electrons. The van der Waals surface area contributed by atoms with E-state index < -0.39 is 13.9 Å². The summed E-state index contributed by atoms with van der Waals surface area (Å²) in [6, 6.07) is 21.8. The Bertz CT molecular complexity index is 893. The van der Waals surface area contributed by atoms with E-state index in [0.29, 0.717) is 18.6 Å². The van der Waals surface area contributed by atoms with Crippen LogP contribution in [-0.2, 0) is 9.16 Å². The zero-order chi connectivity index (χ0) is 23.1. The van der Waals surface area contributed by atoms with Crippen LogP contribution in [-0.4, -0.2) is 43.6 Å². The summed E-state index contributed by atoms with van der Waals surface area (Å²) >= 11 is 0. The third-order valence-electron chi connectivity index (χ3n) is 6.72. The molecule has 1 unspecified atom stereocenters. The molecule has 3 atom stereocenters. The van der Waals surface area contributed by atoms with Gasteiger partial charge in [-0.3, -0.25) is 4.90 Å². The number of ether oxygens (including phenoxy) is 1. The summed E-state index contributed by atoms with van der Waals surface area (Å²) in [7, 11) is -2.61. The van der Waals surface area contributed by atoms with Crippen LogP contribution in [0.3, 0.4) is 0 Å². The Morgan fingerprint density at radius 1 is 0.906 bits per heavy atom. The number of piperidine rings is 1. The lowest BCUT2D eigenvalue weighted by Gasteiger charge is -2.44. The SMILES string of the molecule is CC(C)(C)OC(=O)N1[C@H](CO[Si](c2ccccc2)(c2ccccc2)C(C)(C)C)CC2C[C@@H]21. The maximum atomic E-state index is 13.0. The lowest BCUT2D eigenvalue weighted by Crippen LogP contribution is -2.67. The van der Waals surface area contributed by atoms with E-state index in [-0.39, 0.29) is 17.2 Å². The van der Waals surface area contributed by atoms with Gasteiger partial charge in [-0.05, 0) is 54.9 Å². The zero-order valence-electron chi connectivity index (χ0n) is 20.3. The highest BCUT2D eigenvalue weighted by atomic mass is 28.4. The number of carbonyl (C=O) groups is 1. The largest absolute Gasteiger partial charge is 0.444 e. The fraction of sp³-hybridized carbons (Fsp3) is 0.519. The van der Waals surface area contributed by atoms with Gasteiger partial charge in [0, 0.05) is 6.04 Å². The van der Waals surface area contributed by atoms with E-state index >= 15 is 0 Å². The molecule has 1 heterocycles. The van der Waals surface area contributed by atoms with E-state index in [0.717, 1.165) is 12.8 Å². The van der Waals surface area contributed by atoms with E-state index in [4.69, 9.17) is 9.16 Å². The molecule has 4 nitrogen and oxygen atoms in total. The van der Waals surface area contributed by atoms with Gasteiger partial charge in [0.2, 0.25) is 0 Å². The van der Waals surface area contributed by atoms with Crippen LogP contribution < -0.4 is 10.4 Å². The molecule has 2 aromatic rings. The number of hydrogen-bond acceptors (Lipinski definition) is 3. The fourth-order valence-corrected chi connectivity index (χ4v) is 9.89. The minimum Gasteiger partial charge on any atom is -0.444 e. The van der Waals surface area contributed by atoms with Crippen molar-refractivity contribution in [1.82, 2.24) is 4.90 Å². The summed E-state index contributed by atoms with van der Waals surface area (Å²) in [5, 5.41) is 2.46. The van der Waals surface area contributed by atoms with E-state index in [9.17, 15) is 4.79 Å². The number of fused-ring (bicyclic) bond motifs is 1. The van der Waals surface area contributed by atoms with Crippen molar-refractivity contribution in [3.63, 3.8) is 0 Å². The van der Waals surface area contributed by atoms with Crippen LogP contribution in [0.5, 0.6) is 0 Å². The van der Waals surface area contributed by atoms with Crippen LogP contribution in [0.4, 0.5) is 4.79 Å². The van der Waals surface area contributed by atoms with Gasteiger partial charge >= 0.3 is 6.09 Å². The molecule has 1 amide bonds. The molecule has 2 aromatic carbocycles. The molecule has 1 aliphatic carbocycles. The van der Waals surface area contributed by atoms with Crippen LogP contribution in [0.25, 0.3) is 0 Å². The summed E-state index contributed by atoms with van der Waals surface area (Å²) < 4.78 is 12.9. The number of benzene rings is 2. The molecule has 4 rings (SSSR count). The molecule has 5 heteroatoms. The quantitative estimate of drug-likeness (QED) is 0.603. The molecule has 1 saturated heterocycles. The molecule has 172 valence electrons. The van der Waals surface area contributed by atoms with Gasteiger partial charge in [-0.25, -0.2) is 4.79 Å². The van der Waals surface area contributed by atoms with E-state index in [1.54, 1.807) is 0 Å². The van der Waals surface area contributed by atoms with E-state index in [1.165, 1.54) is 10.4 Å². The first-order chi connectivity index (χ1) is 15.0. The normalized spacial score (nSPS) is 23.1. The number of carbonyl (C=O) groups excluding carboxylic acids is 1. The Morgan fingerprint density at radius 2 is 1.44 bits per heavy atom. The van der Waals surface area contributed by atoms with E-state index in [2.05, 4.69) is 81.4 Å². The summed E-state index contributed by atoms with van der Waals surface area (Å²) in [6.45, 7) is 13.2. The Kier molecular flexibility index (Phi) is 6.01. The minimum absolute atomic E-state index is 0.0650. The predicted molar refractivity (Wildman–Crippen MR) is 132 cm³/mol. The number of hydrogen-bond donors (Lipinski definition) is 0. The van der Waals surface area contributed by atoms with Crippen LogP contribution in [0.15, 0.2) is 60.7 Å². The lowest BCUT2D eigenvalue weighted by molar-refractivity contribution is 0.0135. The number of nitrogens with zero attached hydrogens (tertiary/aromatic N) is 1. The molecular weight excluding hydrogens is 414 g/mol. The fourth-order valence-electron chi connectivity index (χ4n) is 5.29. The van der Waals surface area contributed by atoms with E-state index in [1.807, 2.05) is 25.7 Å². The van der Waals surface area contributed by atoms with Crippen LogP contribution in [0.1, 0.15) is 54.4 Å². The Hall–Kier alpha value is -2.11. The van der Waals surface area contributed by atoms with Gasteiger partial charge in [0.05, 0.1) is 12.6 Å². The summed E-state index contributed by atoms with van der Waals surface area (Å²) in [5.41, 5.74) is -0.493. The van der Waals surface area contributed by atoms with Crippen molar-refractivity contribution >= 4 is 24.8 Å². The maximum Gasteiger partial charge on any atom is 0.410 e. The third-order valence-corrected chi connectivity index (χ3v) is 11.7. The van der Waals surface area contributed by atoms with Crippen LogP contribution in [0.2, 0.25) is 5.04 Å². The molecule has 1 aliphatic heterocycles. The second-order valence-electron chi connectivity index (χ2n) is 11.3. The number of rotatable bonds is 5. The second-order valence-corrected chi connectivity index (χ2v) is 15.6. The molecule has 0 N–H and O–H groups in total. The van der Waals surface area contributed by atoms with Crippen molar-refractivity contribution in [3.05, 3.63) is 60.7 Å². The lowest BCUT2D eigenvalue weighted by atomic mass is 10.2. The molecule has 2 fully saturated rings. The molecular formula is C27H37NO3Si. The van der Waals surface area contributed by atoms with Gasteiger partial charge < -0.3 is 9.16 Å². The van der Waals surface area contributed by atoms with Gasteiger partial charge in [0.15, 0.2) is 0 Å².